The summed E-state index contributed by atoms with van der Waals surface area (Å²) in [5.74, 6) is 0.106. The molecule has 1 N–H and O–H groups in total. The minimum atomic E-state index is -0.607. The van der Waals surface area contributed by atoms with Crippen molar-refractivity contribution >= 4 is 11.8 Å². The Labute approximate surface area is 157 Å². The maximum atomic E-state index is 13.1. The Bertz CT molecular complexity index is 628. The van der Waals surface area contributed by atoms with Gasteiger partial charge in [-0.3, -0.25) is 9.59 Å². The standard InChI is InChI=1S/C22H34O4/c1-7-20(5)12-17(26-15(4)23)21(6)13(2)8-10-22(14(3)19(20)25)11-9-16(24)18(21)22/h7,13-14,17-19,25H,1,8-12H2,2-6H3. The van der Waals surface area contributed by atoms with Crippen molar-refractivity contribution in [1.82, 2.24) is 0 Å². The van der Waals surface area contributed by atoms with Gasteiger partial charge in [0.05, 0.1) is 6.10 Å². The van der Waals surface area contributed by atoms with Gasteiger partial charge in [-0.15, -0.1) is 6.58 Å². The first-order chi connectivity index (χ1) is 12.0. The van der Waals surface area contributed by atoms with E-state index in [1.165, 1.54) is 6.92 Å². The highest BCUT2D eigenvalue weighted by Crippen LogP contribution is 2.67. The van der Waals surface area contributed by atoms with Crippen molar-refractivity contribution in [2.24, 2.45) is 34.0 Å². The molecule has 2 bridgehead atoms. The van der Waals surface area contributed by atoms with Gasteiger partial charge >= 0.3 is 5.97 Å². The predicted molar refractivity (Wildman–Crippen MR) is 100 cm³/mol. The van der Waals surface area contributed by atoms with E-state index in [-0.39, 0.29) is 34.9 Å². The second-order valence-electron chi connectivity index (χ2n) is 9.68. The van der Waals surface area contributed by atoms with Gasteiger partial charge in [-0.25, -0.2) is 0 Å². The van der Waals surface area contributed by atoms with Gasteiger partial charge in [0.1, 0.15) is 11.9 Å². The van der Waals surface area contributed by atoms with Crippen molar-refractivity contribution in [3.8, 4) is 0 Å². The summed E-state index contributed by atoms with van der Waals surface area (Å²) in [4.78, 5) is 25.0. The molecule has 0 aliphatic heterocycles. The van der Waals surface area contributed by atoms with Gasteiger partial charge in [-0.1, -0.05) is 33.8 Å². The summed E-state index contributed by atoms with van der Waals surface area (Å²) >= 11 is 0. The summed E-state index contributed by atoms with van der Waals surface area (Å²) in [6.07, 6.45) is 4.68. The quantitative estimate of drug-likeness (QED) is 0.597. The van der Waals surface area contributed by atoms with E-state index in [1.54, 1.807) is 0 Å². The van der Waals surface area contributed by atoms with E-state index in [9.17, 15) is 14.7 Å². The van der Waals surface area contributed by atoms with Crippen LogP contribution in [0.4, 0.5) is 0 Å². The molecule has 3 rings (SSSR count). The highest BCUT2D eigenvalue weighted by Gasteiger charge is 2.68. The summed E-state index contributed by atoms with van der Waals surface area (Å²) < 4.78 is 5.87. The Morgan fingerprint density at radius 2 is 1.96 bits per heavy atom. The maximum Gasteiger partial charge on any atom is 0.302 e. The number of Topliss-reactive ketones (excluding diaryl/α,β-unsaturated/α-hetero) is 1. The SMILES string of the molecule is C=CC1(C)CC(OC(C)=O)C2(C)C(C)CCC3(CCC(=O)C32)C(C)C1O. The van der Waals surface area contributed by atoms with E-state index in [2.05, 4.69) is 27.4 Å². The molecule has 3 aliphatic carbocycles. The third kappa shape index (κ3) is 2.44. The number of aliphatic hydroxyl groups excluding tert-OH is 1. The van der Waals surface area contributed by atoms with E-state index in [0.717, 1.165) is 19.3 Å². The van der Waals surface area contributed by atoms with E-state index >= 15 is 0 Å². The van der Waals surface area contributed by atoms with Crippen LogP contribution in [0.15, 0.2) is 12.7 Å². The minimum absolute atomic E-state index is 0.00653. The van der Waals surface area contributed by atoms with Gasteiger partial charge in [0.2, 0.25) is 0 Å². The molecular formula is C22H34O4. The molecule has 3 saturated carbocycles. The minimum Gasteiger partial charge on any atom is -0.462 e. The Balaban J connectivity index is 2.23. The molecule has 0 saturated heterocycles. The first-order valence-corrected chi connectivity index (χ1v) is 10.0. The number of hydrogen-bond acceptors (Lipinski definition) is 4. The number of carbonyl (C=O) groups excluding carboxylic acids is 2. The van der Waals surface area contributed by atoms with E-state index in [0.29, 0.717) is 12.8 Å². The van der Waals surface area contributed by atoms with Crippen LogP contribution in [0.2, 0.25) is 0 Å². The summed E-state index contributed by atoms with van der Waals surface area (Å²) in [7, 11) is 0. The van der Waals surface area contributed by atoms with Crippen LogP contribution in [0.25, 0.3) is 0 Å². The van der Waals surface area contributed by atoms with E-state index in [4.69, 9.17) is 4.74 Å². The molecule has 26 heavy (non-hydrogen) atoms. The Morgan fingerprint density at radius 3 is 2.54 bits per heavy atom. The number of esters is 1. The van der Waals surface area contributed by atoms with Gasteiger partial charge in [-0.05, 0) is 42.9 Å². The lowest BCUT2D eigenvalue weighted by molar-refractivity contribution is -0.205. The maximum absolute atomic E-state index is 13.1. The molecule has 0 aromatic rings. The molecule has 0 spiro atoms. The van der Waals surface area contributed by atoms with Crippen molar-refractivity contribution in [3.05, 3.63) is 12.7 Å². The molecule has 0 aromatic carbocycles. The van der Waals surface area contributed by atoms with Crippen LogP contribution in [-0.4, -0.2) is 29.1 Å². The predicted octanol–water partition coefficient (Wildman–Crippen LogP) is 3.91. The first-order valence-electron chi connectivity index (χ1n) is 10.0. The van der Waals surface area contributed by atoms with Gasteiger partial charge < -0.3 is 9.84 Å². The van der Waals surface area contributed by atoms with Crippen molar-refractivity contribution in [2.45, 2.75) is 78.9 Å². The molecule has 8 unspecified atom stereocenters. The van der Waals surface area contributed by atoms with Crippen LogP contribution in [0.5, 0.6) is 0 Å². The molecular weight excluding hydrogens is 328 g/mol. The highest BCUT2D eigenvalue weighted by atomic mass is 16.5. The van der Waals surface area contributed by atoms with Gasteiger partial charge in [0, 0.05) is 30.1 Å². The second-order valence-corrected chi connectivity index (χ2v) is 9.68. The molecule has 146 valence electrons. The monoisotopic (exact) mass is 362 g/mol. The van der Waals surface area contributed by atoms with Crippen molar-refractivity contribution in [3.63, 3.8) is 0 Å². The molecule has 0 aromatic heterocycles. The zero-order chi connectivity index (χ0) is 19.5. The molecule has 0 amide bonds. The topological polar surface area (TPSA) is 63.6 Å². The number of ketones is 1. The summed E-state index contributed by atoms with van der Waals surface area (Å²) in [5.41, 5.74) is -1.17. The zero-order valence-corrected chi connectivity index (χ0v) is 16.9. The molecule has 4 heteroatoms. The molecule has 3 fully saturated rings. The van der Waals surface area contributed by atoms with Crippen LogP contribution >= 0.6 is 0 Å². The van der Waals surface area contributed by atoms with E-state index in [1.807, 2.05) is 13.0 Å². The van der Waals surface area contributed by atoms with Gasteiger partial charge in [-0.2, -0.15) is 0 Å². The Kier molecular flexibility index (Phi) is 4.66. The summed E-state index contributed by atoms with van der Waals surface area (Å²) in [6, 6.07) is 0. The third-order valence-electron chi connectivity index (χ3n) is 8.61. The number of aliphatic hydroxyl groups is 1. The lowest BCUT2D eigenvalue weighted by Gasteiger charge is -2.61. The zero-order valence-electron chi connectivity index (χ0n) is 16.9. The largest absolute Gasteiger partial charge is 0.462 e. The lowest BCUT2D eigenvalue weighted by Crippen LogP contribution is -2.63. The molecule has 3 aliphatic rings. The molecule has 0 heterocycles. The number of rotatable bonds is 2. The lowest BCUT2D eigenvalue weighted by atomic mass is 9.44. The summed E-state index contributed by atoms with van der Waals surface area (Å²) in [6.45, 7) is 13.9. The molecule has 0 radical (unpaired) electrons. The third-order valence-corrected chi connectivity index (χ3v) is 8.61. The van der Waals surface area contributed by atoms with Crippen LogP contribution in [0.3, 0.4) is 0 Å². The number of carbonyl (C=O) groups is 2. The van der Waals surface area contributed by atoms with E-state index < -0.39 is 23.0 Å². The normalized spacial score (nSPS) is 51.2. The average molecular weight is 363 g/mol. The molecule has 4 nitrogen and oxygen atoms in total. The Hall–Kier alpha value is -1.16. The Morgan fingerprint density at radius 1 is 1.31 bits per heavy atom. The second kappa shape index (κ2) is 6.19. The van der Waals surface area contributed by atoms with Crippen LogP contribution in [0.1, 0.15) is 66.7 Å². The highest BCUT2D eigenvalue weighted by molar-refractivity contribution is 5.85. The van der Waals surface area contributed by atoms with Crippen molar-refractivity contribution in [2.75, 3.05) is 0 Å². The fourth-order valence-corrected chi connectivity index (χ4v) is 6.70. The van der Waals surface area contributed by atoms with Crippen LogP contribution < -0.4 is 0 Å². The van der Waals surface area contributed by atoms with Crippen molar-refractivity contribution < 1.29 is 19.4 Å². The van der Waals surface area contributed by atoms with Crippen LogP contribution in [-0.2, 0) is 14.3 Å². The smallest absolute Gasteiger partial charge is 0.302 e. The van der Waals surface area contributed by atoms with Gasteiger partial charge in [0.15, 0.2) is 0 Å². The number of hydrogen-bond donors (Lipinski definition) is 1. The summed E-state index contributed by atoms with van der Waals surface area (Å²) in [5, 5.41) is 11.3. The molecule has 8 atom stereocenters. The van der Waals surface area contributed by atoms with Crippen LogP contribution in [0, 0.1) is 34.0 Å². The average Bonchev–Trinajstić information content (AvgIpc) is 2.94. The van der Waals surface area contributed by atoms with Gasteiger partial charge in [0.25, 0.3) is 0 Å². The fraction of sp³-hybridized carbons (Fsp3) is 0.818. The fourth-order valence-electron chi connectivity index (χ4n) is 6.70. The van der Waals surface area contributed by atoms with Crippen molar-refractivity contribution in [1.29, 1.82) is 0 Å². The number of ether oxygens (including phenoxy) is 1. The first kappa shape index (κ1) is 19.6.